The Morgan fingerprint density at radius 2 is 2.08 bits per heavy atom. The van der Waals surface area contributed by atoms with E-state index in [-0.39, 0.29) is 5.91 Å². The molecule has 1 atom stereocenters. The monoisotopic (exact) mass is 329 g/mol. The number of amides is 1. The molecule has 0 bridgehead atoms. The number of anilines is 1. The second-order valence-electron chi connectivity index (χ2n) is 7.54. The SMILES string of the molecule is CN(CC1CCCCC(=O)N1)C1CN(c2cc3c(nn2)CCC3)C1. The summed E-state index contributed by atoms with van der Waals surface area (Å²) in [4.78, 5) is 16.4. The number of likely N-dealkylation sites (N-methyl/N-ethyl adjacent to an activating group) is 1. The molecule has 2 aliphatic heterocycles. The van der Waals surface area contributed by atoms with Gasteiger partial charge in [-0.05, 0) is 50.8 Å². The average molecular weight is 329 g/mol. The van der Waals surface area contributed by atoms with Crippen LogP contribution in [-0.4, -0.2) is 59.8 Å². The number of nitrogens with zero attached hydrogens (tertiary/aromatic N) is 4. The molecule has 0 radical (unpaired) electrons. The molecule has 0 saturated carbocycles. The fraction of sp³-hybridized carbons (Fsp3) is 0.722. The van der Waals surface area contributed by atoms with Crippen LogP contribution in [0.5, 0.6) is 0 Å². The molecular weight excluding hydrogens is 302 g/mol. The highest BCUT2D eigenvalue weighted by Crippen LogP contribution is 2.26. The Hall–Kier alpha value is -1.69. The number of aromatic nitrogens is 2. The van der Waals surface area contributed by atoms with Crippen molar-refractivity contribution in [2.75, 3.05) is 31.6 Å². The van der Waals surface area contributed by atoms with Gasteiger partial charge in [-0.25, -0.2) is 0 Å². The molecule has 0 spiro atoms. The van der Waals surface area contributed by atoms with Gasteiger partial charge in [0.1, 0.15) is 0 Å². The fourth-order valence-corrected chi connectivity index (χ4v) is 4.07. The maximum Gasteiger partial charge on any atom is 0.220 e. The third-order valence-corrected chi connectivity index (χ3v) is 5.70. The van der Waals surface area contributed by atoms with Gasteiger partial charge < -0.3 is 10.2 Å². The van der Waals surface area contributed by atoms with Crippen molar-refractivity contribution in [2.24, 2.45) is 0 Å². The van der Waals surface area contributed by atoms with E-state index in [1.54, 1.807) is 0 Å². The first-order valence-electron chi connectivity index (χ1n) is 9.29. The average Bonchev–Trinajstić information content (AvgIpc) is 2.88. The van der Waals surface area contributed by atoms with Crippen molar-refractivity contribution in [2.45, 2.75) is 57.0 Å². The number of carbonyl (C=O) groups excluding carboxylic acids is 1. The highest BCUT2D eigenvalue weighted by atomic mass is 16.1. The molecule has 6 heteroatoms. The van der Waals surface area contributed by atoms with Crippen LogP contribution in [0.25, 0.3) is 0 Å². The molecule has 1 amide bonds. The number of rotatable bonds is 4. The van der Waals surface area contributed by atoms with Crippen LogP contribution >= 0.6 is 0 Å². The molecule has 3 heterocycles. The van der Waals surface area contributed by atoms with Gasteiger partial charge in [0.05, 0.1) is 5.69 Å². The Bertz CT molecular complexity index is 613. The van der Waals surface area contributed by atoms with E-state index >= 15 is 0 Å². The summed E-state index contributed by atoms with van der Waals surface area (Å²) in [5, 5.41) is 12.0. The summed E-state index contributed by atoms with van der Waals surface area (Å²) in [6.45, 7) is 2.95. The number of carbonyl (C=O) groups is 1. The van der Waals surface area contributed by atoms with Gasteiger partial charge in [-0.1, -0.05) is 6.42 Å². The van der Waals surface area contributed by atoms with Crippen molar-refractivity contribution in [1.29, 1.82) is 0 Å². The van der Waals surface area contributed by atoms with Crippen LogP contribution in [0.2, 0.25) is 0 Å². The smallest absolute Gasteiger partial charge is 0.220 e. The van der Waals surface area contributed by atoms with Crippen LogP contribution in [0.3, 0.4) is 0 Å². The Kier molecular flexibility index (Phi) is 4.39. The zero-order valence-corrected chi connectivity index (χ0v) is 14.5. The van der Waals surface area contributed by atoms with Crippen molar-refractivity contribution in [3.8, 4) is 0 Å². The normalized spacial score (nSPS) is 24.5. The summed E-state index contributed by atoms with van der Waals surface area (Å²) in [5.74, 6) is 1.25. The molecule has 130 valence electrons. The van der Waals surface area contributed by atoms with E-state index in [2.05, 4.69) is 38.4 Å². The van der Waals surface area contributed by atoms with Gasteiger partial charge in [-0.2, -0.15) is 5.10 Å². The lowest BCUT2D eigenvalue weighted by Gasteiger charge is -2.45. The van der Waals surface area contributed by atoms with Gasteiger partial charge in [0.15, 0.2) is 5.82 Å². The van der Waals surface area contributed by atoms with Gasteiger partial charge in [0, 0.05) is 38.1 Å². The molecule has 4 rings (SSSR count). The quantitative estimate of drug-likeness (QED) is 0.898. The first kappa shape index (κ1) is 15.8. The van der Waals surface area contributed by atoms with E-state index in [1.807, 2.05) is 0 Å². The number of aryl methyl sites for hydroxylation is 2. The van der Waals surface area contributed by atoms with E-state index in [0.717, 1.165) is 57.6 Å². The van der Waals surface area contributed by atoms with Crippen molar-refractivity contribution in [3.63, 3.8) is 0 Å². The maximum absolute atomic E-state index is 11.7. The number of nitrogens with one attached hydrogen (secondary N) is 1. The zero-order valence-electron chi connectivity index (χ0n) is 14.5. The topological polar surface area (TPSA) is 61.4 Å². The highest BCUT2D eigenvalue weighted by molar-refractivity contribution is 5.76. The minimum absolute atomic E-state index is 0.217. The second kappa shape index (κ2) is 6.67. The van der Waals surface area contributed by atoms with Crippen molar-refractivity contribution >= 4 is 11.7 Å². The van der Waals surface area contributed by atoms with Crippen LogP contribution in [0.1, 0.15) is 43.4 Å². The molecule has 1 aromatic heterocycles. The standard InChI is InChI=1S/C18H27N5O/c1-22(10-14-6-2-3-8-18(24)19-14)15-11-23(12-15)17-9-13-5-4-7-16(13)20-21-17/h9,14-15H,2-8,10-12H2,1H3,(H,19,24). The van der Waals surface area contributed by atoms with E-state index in [4.69, 9.17) is 0 Å². The number of hydrogen-bond acceptors (Lipinski definition) is 5. The molecular formula is C18H27N5O. The molecule has 24 heavy (non-hydrogen) atoms. The minimum Gasteiger partial charge on any atom is -0.352 e. The summed E-state index contributed by atoms with van der Waals surface area (Å²) < 4.78 is 0. The first-order valence-corrected chi connectivity index (χ1v) is 9.29. The zero-order chi connectivity index (χ0) is 16.5. The lowest BCUT2D eigenvalue weighted by Crippen LogP contribution is -2.60. The lowest BCUT2D eigenvalue weighted by atomic mass is 10.0. The summed E-state index contributed by atoms with van der Waals surface area (Å²) in [7, 11) is 2.17. The van der Waals surface area contributed by atoms with Crippen LogP contribution in [-0.2, 0) is 17.6 Å². The molecule has 1 unspecified atom stereocenters. The second-order valence-corrected chi connectivity index (χ2v) is 7.54. The first-order chi connectivity index (χ1) is 11.7. The number of hydrogen-bond donors (Lipinski definition) is 1. The molecule has 1 aromatic rings. The highest BCUT2D eigenvalue weighted by Gasteiger charge is 2.33. The third kappa shape index (κ3) is 3.24. The molecule has 0 aromatic carbocycles. The van der Waals surface area contributed by atoms with Crippen molar-refractivity contribution < 1.29 is 4.79 Å². The molecule has 1 N–H and O–H groups in total. The van der Waals surface area contributed by atoms with E-state index in [9.17, 15) is 4.79 Å². The minimum atomic E-state index is 0.217. The van der Waals surface area contributed by atoms with E-state index in [0.29, 0.717) is 18.5 Å². The fourth-order valence-electron chi connectivity index (χ4n) is 4.07. The summed E-state index contributed by atoms with van der Waals surface area (Å²) in [6.07, 6.45) is 7.42. The van der Waals surface area contributed by atoms with Crippen LogP contribution < -0.4 is 10.2 Å². The van der Waals surface area contributed by atoms with Gasteiger partial charge >= 0.3 is 0 Å². The Morgan fingerprint density at radius 1 is 1.21 bits per heavy atom. The summed E-state index contributed by atoms with van der Waals surface area (Å²) in [6, 6.07) is 3.08. The van der Waals surface area contributed by atoms with E-state index < -0.39 is 0 Å². The Balaban J connectivity index is 1.29. The van der Waals surface area contributed by atoms with Crippen LogP contribution in [0.15, 0.2) is 6.07 Å². The van der Waals surface area contributed by atoms with Gasteiger partial charge in [0.25, 0.3) is 0 Å². The van der Waals surface area contributed by atoms with Gasteiger partial charge in [0.2, 0.25) is 5.91 Å². The van der Waals surface area contributed by atoms with Gasteiger partial charge in [-0.15, -0.1) is 5.10 Å². The largest absolute Gasteiger partial charge is 0.352 e. The number of fused-ring (bicyclic) bond motifs is 1. The molecule has 3 aliphatic rings. The van der Waals surface area contributed by atoms with Crippen LogP contribution in [0, 0.1) is 0 Å². The molecule has 2 fully saturated rings. The molecule has 1 aliphatic carbocycles. The maximum atomic E-state index is 11.7. The third-order valence-electron chi connectivity index (χ3n) is 5.70. The Labute approximate surface area is 143 Å². The van der Waals surface area contributed by atoms with Gasteiger partial charge in [-0.3, -0.25) is 9.69 Å². The van der Waals surface area contributed by atoms with Crippen molar-refractivity contribution in [3.05, 3.63) is 17.3 Å². The molecule has 2 saturated heterocycles. The Morgan fingerprint density at radius 3 is 2.96 bits per heavy atom. The lowest BCUT2D eigenvalue weighted by molar-refractivity contribution is -0.121. The summed E-state index contributed by atoms with van der Waals surface area (Å²) in [5.41, 5.74) is 2.58. The molecule has 6 nitrogen and oxygen atoms in total. The predicted octanol–water partition coefficient (Wildman–Crippen LogP) is 1.14. The van der Waals surface area contributed by atoms with Crippen LogP contribution in [0.4, 0.5) is 5.82 Å². The van der Waals surface area contributed by atoms with E-state index in [1.165, 1.54) is 17.7 Å². The van der Waals surface area contributed by atoms with Crippen molar-refractivity contribution in [1.82, 2.24) is 20.4 Å². The predicted molar refractivity (Wildman–Crippen MR) is 93.1 cm³/mol. The summed E-state index contributed by atoms with van der Waals surface area (Å²) >= 11 is 0.